The van der Waals surface area contributed by atoms with Gasteiger partial charge in [0, 0.05) is 17.7 Å². The minimum Gasteiger partial charge on any atom is -0.299 e. The SMILES string of the molecule is Cc1nc(CC(=O)C2CCS(=O)(=O)C2)cs1. The Morgan fingerprint density at radius 2 is 2.38 bits per heavy atom. The molecule has 0 saturated carbocycles. The lowest BCUT2D eigenvalue weighted by atomic mass is 10.0. The van der Waals surface area contributed by atoms with Crippen LogP contribution in [-0.4, -0.2) is 30.7 Å². The molecule has 1 aliphatic heterocycles. The number of carbonyl (C=O) groups excluding carboxylic acids is 1. The molecule has 0 aliphatic carbocycles. The molecule has 0 amide bonds. The third-order valence-corrected chi connectivity index (χ3v) is 5.30. The molecule has 0 spiro atoms. The number of rotatable bonds is 3. The fraction of sp³-hybridized carbons (Fsp3) is 0.600. The molecule has 2 rings (SSSR count). The molecule has 0 bridgehead atoms. The van der Waals surface area contributed by atoms with Crippen LogP contribution in [0, 0.1) is 12.8 Å². The molecule has 16 heavy (non-hydrogen) atoms. The second-order valence-corrected chi connectivity index (χ2v) is 7.39. The van der Waals surface area contributed by atoms with Gasteiger partial charge >= 0.3 is 0 Å². The van der Waals surface area contributed by atoms with E-state index < -0.39 is 9.84 Å². The Balaban J connectivity index is 1.99. The smallest absolute Gasteiger partial charge is 0.151 e. The van der Waals surface area contributed by atoms with Crippen molar-refractivity contribution < 1.29 is 13.2 Å². The number of hydrogen-bond acceptors (Lipinski definition) is 5. The van der Waals surface area contributed by atoms with Crippen molar-refractivity contribution in [2.45, 2.75) is 19.8 Å². The molecule has 0 N–H and O–H groups in total. The molecule has 88 valence electrons. The molecular formula is C10H13NO3S2. The number of carbonyl (C=O) groups is 1. The summed E-state index contributed by atoms with van der Waals surface area (Å²) in [7, 11) is -2.97. The number of Topliss-reactive ketones (excluding diaryl/α,β-unsaturated/α-hetero) is 1. The minimum absolute atomic E-state index is 0.00590. The standard InChI is InChI=1S/C10H13NO3S2/c1-7-11-9(5-15-7)4-10(12)8-2-3-16(13,14)6-8/h5,8H,2-4,6H2,1H3. The highest BCUT2D eigenvalue weighted by Crippen LogP contribution is 2.21. The fourth-order valence-corrected chi connectivity index (χ4v) is 4.25. The van der Waals surface area contributed by atoms with E-state index in [9.17, 15) is 13.2 Å². The first kappa shape index (κ1) is 11.7. The van der Waals surface area contributed by atoms with Crippen LogP contribution >= 0.6 is 11.3 Å². The van der Waals surface area contributed by atoms with Crippen molar-refractivity contribution in [3.63, 3.8) is 0 Å². The first-order valence-electron chi connectivity index (χ1n) is 5.10. The third kappa shape index (κ3) is 2.68. The summed E-state index contributed by atoms with van der Waals surface area (Å²) in [5, 5.41) is 2.79. The maximum atomic E-state index is 11.8. The van der Waals surface area contributed by atoms with Gasteiger partial charge in [0.1, 0.15) is 5.78 Å². The van der Waals surface area contributed by atoms with Gasteiger partial charge in [-0.05, 0) is 13.3 Å². The molecule has 1 aromatic heterocycles. The molecule has 2 heterocycles. The summed E-state index contributed by atoms with van der Waals surface area (Å²) in [4.78, 5) is 16.0. The summed E-state index contributed by atoms with van der Waals surface area (Å²) in [5.41, 5.74) is 0.761. The maximum Gasteiger partial charge on any atom is 0.151 e. The van der Waals surface area contributed by atoms with Gasteiger partial charge in [0.2, 0.25) is 0 Å². The van der Waals surface area contributed by atoms with Gasteiger partial charge in [0.05, 0.1) is 22.2 Å². The van der Waals surface area contributed by atoms with E-state index >= 15 is 0 Å². The van der Waals surface area contributed by atoms with E-state index in [0.717, 1.165) is 10.7 Å². The second-order valence-electron chi connectivity index (χ2n) is 4.10. The van der Waals surface area contributed by atoms with Crippen LogP contribution in [0.5, 0.6) is 0 Å². The van der Waals surface area contributed by atoms with Crippen molar-refractivity contribution in [1.82, 2.24) is 4.98 Å². The number of aromatic nitrogens is 1. The molecule has 1 fully saturated rings. The lowest BCUT2D eigenvalue weighted by Gasteiger charge is -2.04. The molecule has 1 aliphatic rings. The molecular weight excluding hydrogens is 246 g/mol. The summed E-state index contributed by atoms with van der Waals surface area (Å²) in [6, 6.07) is 0. The van der Waals surface area contributed by atoms with Crippen molar-refractivity contribution >= 4 is 27.0 Å². The monoisotopic (exact) mass is 259 g/mol. The summed E-state index contributed by atoms with van der Waals surface area (Å²) in [5.74, 6) is -0.132. The van der Waals surface area contributed by atoms with E-state index in [2.05, 4.69) is 4.98 Å². The first-order valence-corrected chi connectivity index (χ1v) is 7.80. The Bertz CT molecular complexity index is 504. The molecule has 1 aromatic rings. The predicted octanol–water partition coefficient (Wildman–Crippen LogP) is 0.998. The highest BCUT2D eigenvalue weighted by atomic mass is 32.2. The molecule has 1 unspecified atom stereocenters. The van der Waals surface area contributed by atoms with Crippen molar-refractivity contribution in [2.24, 2.45) is 5.92 Å². The molecule has 0 aromatic carbocycles. The van der Waals surface area contributed by atoms with E-state index in [0.29, 0.717) is 6.42 Å². The van der Waals surface area contributed by atoms with Gasteiger partial charge in [-0.2, -0.15) is 0 Å². The molecule has 6 heteroatoms. The first-order chi connectivity index (χ1) is 7.46. The largest absolute Gasteiger partial charge is 0.299 e. The van der Waals surface area contributed by atoms with E-state index in [1.807, 2.05) is 12.3 Å². The van der Waals surface area contributed by atoms with E-state index in [1.165, 1.54) is 11.3 Å². The Morgan fingerprint density at radius 1 is 1.62 bits per heavy atom. The number of ketones is 1. The Hall–Kier alpha value is -0.750. The molecule has 4 nitrogen and oxygen atoms in total. The number of aryl methyl sites for hydroxylation is 1. The molecule has 0 radical (unpaired) electrons. The van der Waals surface area contributed by atoms with E-state index in [4.69, 9.17) is 0 Å². The van der Waals surface area contributed by atoms with Gasteiger partial charge in [-0.25, -0.2) is 13.4 Å². The minimum atomic E-state index is -2.97. The predicted molar refractivity (Wildman–Crippen MR) is 62.3 cm³/mol. The maximum absolute atomic E-state index is 11.8. The summed E-state index contributed by atoms with van der Waals surface area (Å²) in [6.07, 6.45) is 0.745. The van der Waals surface area contributed by atoms with Gasteiger partial charge in [0.15, 0.2) is 9.84 Å². The number of sulfone groups is 1. The van der Waals surface area contributed by atoms with Crippen LogP contribution in [0.4, 0.5) is 0 Å². The topological polar surface area (TPSA) is 64.1 Å². The van der Waals surface area contributed by atoms with Gasteiger partial charge in [-0.15, -0.1) is 11.3 Å². The van der Waals surface area contributed by atoms with Crippen LogP contribution in [-0.2, 0) is 21.1 Å². The van der Waals surface area contributed by atoms with Crippen LogP contribution < -0.4 is 0 Å². The fourth-order valence-electron chi connectivity index (χ4n) is 1.86. The number of nitrogens with zero attached hydrogens (tertiary/aromatic N) is 1. The Morgan fingerprint density at radius 3 is 2.88 bits per heavy atom. The van der Waals surface area contributed by atoms with Crippen LogP contribution in [0.2, 0.25) is 0 Å². The van der Waals surface area contributed by atoms with Gasteiger partial charge < -0.3 is 0 Å². The summed E-state index contributed by atoms with van der Waals surface area (Å²) < 4.78 is 22.5. The van der Waals surface area contributed by atoms with E-state index in [-0.39, 0.29) is 29.6 Å². The van der Waals surface area contributed by atoms with Gasteiger partial charge in [-0.1, -0.05) is 0 Å². The lowest BCUT2D eigenvalue weighted by molar-refractivity contribution is -0.121. The Kier molecular flexibility index (Phi) is 3.12. The quantitative estimate of drug-likeness (QED) is 0.812. The molecule has 1 atom stereocenters. The van der Waals surface area contributed by atoms with Crippen LogP contribution in [0.15, 0.2) is 5.38 Å². The molecule has 1 saturated heterocycles. The van der Waals surface area contributed by atoms with Crippen LogP contribution in [0.25, 0.3) is 0 Å². The highest BCUT2D eigenvalue weighted by molar-refractivity contribution is 7.91. The Labute approximate surface area is 98.6 Å². The van der Waals surface area contributed by atoms with Gasteiger partial charge in [-0.3, -0.25) is 4.79 Å². The third-order valence-electron chi connectivity index (χ3n) is 2.71. The van der Waals surface area contributed by atoms with Crippen molar-refractivity contribution in [2.75, 3.05) is 11.5 Å². The number of thiazole rings is 1. The van der Waals surface area contributed by atoms with Crippen molar-refractivity contribution in [1.29, 1.82) is 0 Å². The summed E-state index contributed by atoms with van der Waals surface area (Å²) >= 11 is 1.51. The normalized spacial score (nSPS) is 23.4. The zero-order valence-corrected chi connectivity index (χ0v) is 10.6. The van der Waals surface area contributed by atoms with Crippen molar-refractivity contribution in [3.8, 4) is 0 Å². The number of hydrogen-bond donors (Lipinski definition) is 0. The average Bonchev–Trinajstić information content (AvgIpc) is 2.72. The highest BCUT2D eigenvalue weighted by Gasteiger charge is 2.32. The van der Waals surface area contributed by atoms with Crippen LogP contribution in [0.3, 0.4) is 0 Å². The van der Waals surface area contributed by atoms with Gasteiger partial charge in [0.25, 0.3) is 0 Å². The van der Waals surface area contributed by atoms with Crippen LogP contribution in [0.1, 0.15) is 17.1 Å². The second kappa shape index (κ2) is 4.25. The van der Waals surface area contributed by atoms with E-state index in [1.54, 1.807) is 0 Å². The zero-order valence-electron chi connectivity index (χ0n) is 8.97. The summed E-state index contributed by atoms with van der Waals surface area (Å²) in [6.45, 7) is 1.89. The lowest BCUT2D eigenvalue weighted by Crippen LogP contribution is -2.18. The van der Waals surface area contributed by atoms with Crippen molar-refractivity contribution in [3.05, 3.63) is 16.1 Å². The zero-order chi connectivity index (χ0) is 11.8. The average molecular weight is 259 g/mol.